The first kappa shape index (κ1) is 12.9. The van der Waals surface area contributed by atoms with Gasteiger partial charge in [0.25, 0.3) is 5.91 Å². The van der Waals surface area contributed by atoms with E-state index in [-0.39, 0.29) is 11.3 Å². The molecule has 19 heavy (non-hydrogen) atoms. The smallest absolute Gasteiger partial charge is 0.317 e. The number of carbonyl (C=O) groups is 2. The van der Waals surface area contributed by atoms with Gasteiger partial charge in [-0.3, -0.25) is 10.1 Å². The third kappa shape index (κ3) is 2.83. The molecule has 0 saturated heterocycles. The molecule has 1 aromatic carbocycles. The summed E-state index contributed by atoms with van der Waals surface area (Å²) in [6, 6.07) is 7.26. The summed E-state index contributed by atoms with van der Waals surface area (Å²) in [7, 11) is 0. The van der Waals surface area contributed by atoms with E-state index >= 15 is 0 Å². The maximum Gasteiger partial charge on any atom is 0.317 e. The van der Waals surface area contributed by atoms with Gasteiger partial charge in [-0.05, 0) is 35.9 Å². The Balaban J connectivity index is 2.45. The van der Waals surface area contributed by atoms with E-state index < -0.39 is 11.9 Å². The largest absolute Gasteiger partial charge is 0.508 e. The molecule has 0 spiro atoms. The minimum absolute atomic E-state index is 0.144. The van der Waals surface area contributed by atoms with Crippen molar-refractivity contribution in [3.05, 3.63) is 35.9 Å². The molecule has 0 atom stereocenters. The van der Waals surface area contributed by atoms with Crippen LogP contribution in [0.2, 0.25) is 0 Å². The van der Waals surface area contributed by atoms with Crippen molar-refractivity contribution in [2.45, 2.75) is 0 Å². The number of primary amides is 2. The zero-order valence-corrected chi connectivity index (χ0v) is 10.5. The minimum Gasteiger partial charge on any atom is -0.508 e. The molecule has 2 aromatic rings. The monoisotopic (exact) mass is 277 g/mol. The van der Waals surface area contributed by atoms with E-state index in [9.17, 15) is 14.7 Å². The Morgan fingerprint density at radius 2 is 1.79 bits per heavy atom. The van der Waals surface area contributed by atoms with E-state index in [2.05, 4.69) is 5.32 Å². The molecule has 0 radical (unpaired) electrons. The average molecular weight is 277 g/mol. The zero-order chi connectivity index (χ0) is 14.0. The van der Waals surface area contributed by atoms with E-state index in [1.165, 1.54) is 23.5 Å². The molecule has 0 aliphatic carbocycles. The summed E-state index contributed by atoms with van der Waals surface area (Å²) in [5.74, 6) is -0.504. The molecule has 0 bridgehead atoms. The van der Waals surface area contributed by atoms with Crippen LogP contribution in [0.15, 0.2) is 30.3 Å². The molecule has 6 N–H and O–H groups in total. The van der Waals surface area contributed by atoms with Gasteiger partial charge < -0.3 is 16.6 Å². The fraction of sp³-hybridized carbons (Fsp3) is 0. The van der Waals surface area contributed by atoms with E-state index in [0.717, 1.165) is 10.4 Å². The van der Waals surface area contributed by atoms with E-state index in [1.807, 2.05) is 0 Å². The van der Waals surface area contributed by atoms with Crippen LogP contribution in [0, 0.1) is 0 Å². The maximum absolute atomic E-state index is 11.3. The maximum atomic E-state index is 11.3. The Morgan fingerprint density at radius 1 is 1.16 bits per heavy atom. The highest BCUT2D eigenvalue weighted by Gasteiger charge is 2.15. The number of urea groups is 1. The van der Waals surface area contributed by atoms with Gasteiger partial charge in [0.15, 0.2) is 0 Å². The lowest BCUT2D eigenvalue weighted by Gasteiger charge is -1.99. The Kier molecular flexibility index (Phi) is 3.39. The Morgan fingerprint density at radius 3 is 2.32 bits per heavy atom. The van der Waals surface area contributed by atoms with Crippen LogP contribution in [-0.4, -0.2) is 17.0 Å². The second kappa shape index (κ2) is 4.99. The third-order valence-corrected chi connectivity index (χ3v) is 3.49. The van der Waals surface area contributed by atoms with Crippen LogP contribution in [0.4, 0.5) is 9.80 Å². The van der Waals surface area contributed by atoms with Crippen molar-refractivity contribution < 1.29 is 14.7 Å². The number of nitrogens with two attached hydrogens (primary N) is 2. The van der Waals surface area contributed by atoms with Crippen molar-refractivity contribution >= 4 is 28.3 Å². The Hall–Kier alpha value is -2.54. The second-order valence-electron chi connectivity index (χ2n) is 3.75. The number of phenols is 1. The summed E-state index contributed by atoms with van der Waals surface area (Å²) < 4.78 is 0. The highest BCUT2D eigenvalue weighted by atomic mass is 32.1. The van der Waals surface area contributed by atoms with Crippen LogP contribution in [0.1, 0.15) is 10.4 Å². The molecule has 98 valence electrons. The highest BCUT2D eigenvalue weighted by molar-refractivity contribution is 7.20. The first-order chi connectivity index (χ1) is 8.97. The molecule has 2 rings (SSSR count). The average Bonchev–Trinajstić information content (AvgIpc) is 2.73. The minimum atomic E-state index is -0.762. The van der Waals surface area contributed by atoms with Gasteiger partial charge in [-0.2, -0.15) is 0 Å². The van der Waals surface area contributed by atoms with Gasteiger partial charge in [0.05, 0.1) is 5.56 Å². The number of aromatic hydroxyl groups is 1. The van der Waals surface area contributed by atoms with Crippen molar-refractivity contribution in [3.63, 3.8) is 0 Å². The summed E-state index contributed by atoms with van der Waals surface area (Å²) in [5.41, 5.74) is 11.3. The lowest BCUT2D eigenvalue weighted by Crippen LogP contribution is -2.21. The predicted molar refractivity (Wildman–Crippen MR) is 73.1 cm³/mol. The fourth-order valence-electron chi connectivity index (χ4n) is 1.55. The molecule has 0 unspecified atom stereocenters. The molecule has 1 heterocycles. The topological polar surface area (TPSA) is 118 Å². The summed E-state index contributed by atoms with van der Waals surface area (Å²) >= 11 is 1.18. The Labute approximate surface area is 112 Å². The Bertz CT molecular complexity index is 634. The van der Waals surface area contributed by atoms with Crippen LogP contribution >= 0.6 is 11.3 Å². The van der Waals surface area contributed by atoms with Gasteiger partial charge in [-0.15, -0.1) is 11.3 Å². The molecule has 0 aliphatic heterocycles. The summed E-state index contributed by atoms with van der Waals surface area (Å²) in [5, 5.41) is 11.9. The predicted octanol–water partition coefficient (Wildman–Crippen LogP) is 1.71. The van der Waals surface area contributed by atoms with E-state index in [0.29, 0.717) is 5.00 Å². The summed E-state index contributed by atoms with van der Waals surface area (Å²) in [4.78, 5) is 22.9. The molecule has 7 heteroatoms. The number of benzene rings is 1. The molecule has 1 aromatic heterocycles. The first-order valence-corrected chi connectivity index (χ1v) is 6.08. The first-order valence-electron chi connectivity index (χ1n) is 5.27. The van der Waals surface area contributed by atoms with Crippen LogP contribution in [0.5, 0.6) is 5.75 Å². The van der Waals surface area contributed by atoms with Gasteiger partial charge in [0.1, 0.15) is 10.8 Å². The van der Waals surface area contributed by atoms with E-state index in [1.54, 1.807) is 18.2 Å². The molecule has 6 nitrogen and oxygen atoms in total. The van der Waals surface area contributed by atoms with Crippen LogP contribution in [0.3, 0.4) is 0 Å². The number of phenolic OH excluding ortho intramolecular Hbond substituents is 1. The molecular formula is C12H11N3O3S. The van der Waals surface area contributed by atoms with Crippen LogP contribution in [0.25, 0.3) is 10.4 Å². The molecular weight excluding hydrogens is 266 g/mol. The molecule has 3 amide bonds. The third-order valence-electron chi connectivity index (χ3n) is 2.39. The number of hydrogen-bond acceptors (Lipinski definition) is 4. The standard InChI is InChI=1S/C12H11N3O3S/c13-10(17)8-5-9(19-11(8)15-12(14)18)6-1-3-7(16)4-2-6/h1-5,16H,(H2,13,17)(H3,14,15,18). The van der Waals surface area contributed by atoms with Gasteiger partial charge in [-0.1, -0.05) is 0 Å². The van der Waals surface area contributed by atoms with Crippen molar-refractivity contribution in [3.8, 4) is 16.2 Å². The zero-order valence-electron chi connectivity index (χ0n) is 9.71. The number of carbonyl (C=O) groups excluding carboxylic acids is 2. The number of hydrogen-bond donors (Lipinski definition) is 4. The number of rotatable bonds is 3. The number of thiophene rings is 1. The van der Waals surface area contributed by atoms with Crippen molar-refractivity contribution in [2.75, 3.05) is 5.32 Å². The van der Waals surface area contributed by atoms with Crippen molar-refractivity contribution in [2.24, 2.45) is 11.5 Å². The van der Waals surface area contributed by atoms with Crippen LogP contribution < -0.4 is 16.8 Å². The normalized spacial score (nSPS) is 10.1. The van der Waals surface area contributed by atoms with Gasteiger partial charge in [0, 0.05) is 4.88 Å². The van der Waals surface area contributed by atoms with Crippen molar-refractivity contribution in [1.82, 2.24) is 0 Å². The highest BCUT2D eigenvalue weighted by Crippen LogP contribution is 2.35. The lowest BCUT2D eigenvalue weighted by molar-refractivity contribution is 0.100. The lowest BCUT2D eigenvalue weighted by atomic mass is 10.1. The van der Waals surface area contributed by atoms with Gasteiger partial charge >= 0.3 is 6.03 Å². The molecule has 0 saturated carbocycles. The van der Waals surface area contributed by atoms with E-state index in [4.69, 9.17) is 11.5 Å². The molecule has 0 aliphatic rings. The summed E-state index contributed by atoms with van der Waals surface area (Å²) in [6.45, 7) is 0. The van der Waals surface area contributed by atoms with Gasteiger partial charge in [0.2, 0.25) is 0 Å². The quantitative estimate of drug-likeness (QED) is 0.683. The van der Waals surface area contributed by atoms with Crippen molar-refractivity contribution in [1.29, 1.82) is 0 Å². The SMILES string of the molecule is NC(=O)Nc1sc(-c2ccc(O)cc2)cc1C(N)=O. The fourth-order valence-corrected chi connectivity index (χ4v) is 2.62. The van der Waals surface area contributed by atoms with Gasteiger partial charge in [-0.25, -0.2) is 4.79 Å². The number of nitrogens with one attached hydrogen (secondary N) is 1. The summed E-state index contributed by atoms with van der Waals surface area (Å²) in [6.07, 6.45) is 0. The number of anilines is 1. The van der Waals surface area contributed by atoms with Crippen LogP contribution in [-0.2, 0) is 0 Å². The number of amides is 3. The molecule has 0 fully saturated rings. The second-order valence-corrected chi connectivity index (χ2v) is 4.81.